The summed E-state index contributed by atoms with van der Waals surface area (Å²) in [6, 6.07) is 21.9. The predicted octanol–water partition coefficient (Wildman–Crippen LogP) is 5.63. The van der Waals surface area contributed by atoms with Gasteiger partial charge < -0.3 is 9.84 Å². The Bertz CT molecular complexity index is 990. The topological polar surface area (TPSA) is 45.6 Å². The van der Waals surface area contributed by atoms with Crippen LogP contribution in [0.1, 0.15) is 42.9 Å². The van der Waals surface area contributed by atoms with Gasteiger partial charge in [0.1, 0.15) is 12.4 Å². The molecule has 1 aliphatic rings. The van der Waals surface area contributed by atoms with Crippen molar-refractivity contribution in [1.82, 2.24) is 9.88 Å². The molecule has 1 fully saturated rings. The summed E-state index contributed by atoms with van der Waals surface area (Å²) in [4.78, 5) is 7.03. The molecule has 0 bridgehead atoms. The number of aromatic nitrogens is 1. The average molecular weight is 415 g/mol. The summed E-state index contributed by atoms with van der Waals surface area (Å²) in [7, 11) is 0. The number of hydrogen-bond donors (Lipinski definition) is 1. The van der Waals surface area contributed by atoms with E-state index in [4.69, 9.17) is 4.74 Å². The van der Waals surface area contributed by atoms with Gasteiger partial charge in [-0.05, 0) is 72.8 Å². The van der Waals surface area contributed by atoms with E-state index in [2.05, 4.69) is 47.1 Å². The Kier molecular flexibility index (Phi) is 7.00. The van der Waals surface area contributed by atoms with Crippen molar-refractivity contribution in [2.75, 3.05) is 26.2 Å². The molecule has 160 valence electrons. The zero-order valence-corrected chi connectivity index (χ0v) is 18.1. The lowest BCUT2D eigenvalue weighted by molar-refractivity contribution is 0.232. The molecule has 0 aliphatic carbocycles. The molecule has 0 spiro atoms. The van der Waals surface area contributed by atoms with Gasteiger partial charge in [0.25, 0.3) is 0 Å². The van der Waals surface area contributed by atoms with E-state index in [9.17, 15) is 5.11 Å². The van der Waals surface area contributed by atoms with Crippen LogP contribution in [0.2, 0.25) is 0 Å². The molecule has 4 nitrogen and oxygen atoms in total. The van der Waals surface area contributed by atoms with Gasteiger partial charge in [0, 0.05) is 24.4 Å². The third kappa shape index (κ3) is 5.33. The molecule has 1 N–H and O–H groups in total. The fraction of sp³-hybridized carbons (Fsp3) is 0.296. The molecule has 1 saturated heterocycles. The van der Waals surface area contributed by atoms with Gasteiger partial charge in [-0.3, -0.25) is 4.90 Å². The first kappa shape index (κ1) is 21.1. The molecule has 3 aromatic rings. The van der Waals surface area contributed by atoms with Crippen LogP contribution in [0.15, 0.2) is 72.9 Å². The Hall–Kier alpha value is -3.11. The lowest BCUT2D eigenvalue weighted by atomic mass is 9.89. The van der Waals surface area contributed by atoms with Crippen molar-refractivity contribution in [1.29, 1.82) is 0 Å². The number of nitrogens with zero attached hydrogens (tertiary/aromatic N) is 2. The second kappa shape index (κ2) is 10.3. The maximum Gasteiger partial charge on any atom is 0.213 e. The van der Waals surface area contributed by atoms with E-state index in [0.29, 0.717) is 12.5 Å². The van der Waals surface area contributed by atoms with Crippen molar-refractivity contribution in [3.05, 3.63) is 89.6 Å². The van der Waals surface area contributed by atoms with Crippen LogP contribution in [0.5, 0.6) is 11.6 Å². The third-order valence-corrected chi connectivity index (χ3v) is 5.81. The highest BCUT2D eigenvalue weighted by Gasteiger charge is 2.14. The van der Waals surface area contributed by atoms with E-state index in [0.717, 1.165) is 29.7 Å². The SMILES string of the molecule is CCC(=C(c1ccc(O)cc1)c1ccc(OCCN2CCCC2)nc1)c1ccccc1. The van der Waals surface area contributed by atoms with E-state index in [1.807, 2.05) is 30.5 Å². The number of likely N-dealkylation sites (tertiary alicyclic amines) is 1. The van der Waals surface area contributed by atoms with E-state index in [1.54, 1.807) is 12.1 Å². The molecule has 0 unspecified atom stereocenters. The van der Waals surface area contributed by atoms with Gasteiger partial charge in [0.2, 0.25) is 5.88 Å². The van der Waals surface area contributed by atoms with Crippen LogP contribution < -0.4 is 4.74 Å². The quantitative estimate of drug-likeness (QED) is 0.485. The van der Waals surface area contributed by atoms with Crippen LogP contribution in [0.4, 0.5) is 0 Å². The maximum absolute atomic E-state index is 9.77. The Morgan fingerprint density at radius 2 is 1.61 bits per heavy atom. The smallest absolute Gasteiger partial charge is 0.213 e. The second-order valence-corrected chi connectivity index (χ2v) is 7.90. The molecule has 31 heavy (non-hydrogen) atoms. The number of aromatic hydroxyl groups is 1. The molecule has 1 aromatic heterocycles. The fourth-order valence-electron chi connectivity index (χ4n) is 4.21. The average Bonchev–Trinajstić information content (AvgIpc) is 3.33. The number of phenolic OH excluding ortho intramolecular Hbond substituents is 1. The van der Waals surface area contributed by atoms with Crippen molar-refractivity contribution >= 4 is 11.1 Å². The number of phenols is 1. The molecule has 0 amide bonds. The number of hydrogen-bond acceptors (Lipinski definition) is 4. The predicted molar refractivity (Wildman–Crippen MR) is 126 cm³/mol. The molecule has 4 heteroatoms. The summed E-state index contributed by atoms with van der Waals surface area (Å²) < 4.78 is 5.89. The number of benzene rings is 2. The lowest BCUT2D eigenvalue weighted by Gasteiger charge is -2.17. The molecular formula is C27H30N2O2. The zero-order valence-electron chi connectivity index (χ0n) is 18.1. The van der Waals surface area contributed by atoms with Gasteiger partial charge in [0.15, 0.2) is 0 Å². The Morgan fingerprint density at radius 1 is 0.903 bits per heavy atom. The van der Waals surface area contributed by atoms with Crippen molar-refractivity contribution in [2.45, 2.75) is 26.2 Å². The highest BCUT2D eigenvalue weighted by molar-refractivity contribution is 5.98. The normalized spacial score (nSPS) is 15.0. The molecular weight excluding hydrogens is 384 g/mol. The standard InChI is InChI=1S/C27H30N2O2/c1-2-25(21-8-4-3-5-9-21)27(22-10-13-24(30)14-11-22)23-12-15-26(28-20-23)31-19-18-29-16-6-7-17-29/h3-5,8-15,20,30H,2,6-7,16-19H2,1H3. The zero-order chi connectivity index (χ0) is 21.5. The monoisotopic (exact) mass is 414 g/mol. The summed E-state index contributed by atoms with van der Waals surface area (Å²) >= 11 is 0. The van der Waals surface area contributed by atoms with E-state index >= 15 is 0 Å². The summed E-state index contributed by atoms with van der Waals surface area (Å²) in [5.74, 6) is 0.923. The first-order valence-electron chi connectivity index (χ1n) is 11.1. The molecule has 0 atom stereocenters. The van der Waals surface area contributed by atoms with Crippen molar-refractivity contribution in [3.63, 3.8) is 0 Å². The van der Waals surface area contributed by atoms with Crippen LogP contribution in [-0.4, -0.2) is 41.2 Å². The van der Waals surface area contributed by atoms with Gasteiger partial charge in [-0.25, -0.2) is 4.98 Å². The summed E-state index contributed by atoms with van der Waals surface area (Å²) in [6.07, 6.45) is 5.36. The van der Waals surface area contributed by atoms with Crippen molar-refractivity contribution in [3.8, 4) is 11.6 Å². The van der Waals surface area contributed by atoms with Gasteiger partial charge in [-0.1, -0.05) is 49.4 Å². The molecule has 4 rings (SSSR count). The van der Waals surface area contributed by atoms with Gasteiger partial charge >= 0.3 is 0 Å². The number of allylic oxidation sites excluding steroid dienone is 1. The molecule has 2 aromatic carbocycles. The van der Waals surface area contributed by atoms with Crippen LogP contribution in [0, 0.1) is 0 Å². The summed E-state index contributed by atoms with van der Waals surface area (Å²) in [5.41, 5.74) is 5.67. The first-order chi connectivity index (χ1) is 15.2. The van der Waals surface area contributed by atoms with Crippen LogP contribution in [-0.2, 0) is 0 Å². The number of ether oxygens (including phenoxy) is 1. The summed E-state index contributed by atoms with van der Waals surface area (Å²) in [6.45, 7) is 6.14. The minimum Gasteiger partial charge on any atom is -0.508 e. The minimum absolute atomic E-state index is 0.265. The highest BCUT2D eigenvalue weighted by Crippen LogP contribution is 2.35. The van der Waals surface area contributed by atoms with Crippen molar-refractivity contribution in [2.24, 2.45) is 0 Å². The Balaban J connectivity index is 1.62. The Labute approximate surface area is 184 Å². The molecule has 0 saturated carbocycles. The van der Waals surface area contributed by atoms with Crippen LogP contribution >= 0.6 is 0 Å². The largest absolute Gasteiger partial charge is 0.508 e. The molecule has 0 radical (unpaired) electrons. The third-order valence-electron chi connectivity index (χ3n) is 5.81. The Morgan fingerprint density at radius 3 is 2.26 bits per heavy atom. The van der Waals surface area contributed by atoms with Gasteiger partial charge in [0.05, 0.1) is 0 Å². The van der Waals surface area contributed by atoms with Gasteiger partial charge in [-0.15, -0.1) is 0 Å². The van der Waals surface area contributed by atoms with Crippen LogP contribution in [0.25, 0.3) is 11.1 Å². The van der Waals surface area contributed by atoms with Gasteiger partial charge in [-0.2, -0.15) is 0 Å². The van der Waals surface area contributed by atoms with Crippen molar-refractivity contribution < 1.29 is 9.84 Å². The van der Waals surface area contributed by atoms with E-state index < -0.39 is 0 Å². The van der Waals surface area contributed by atoms with Crippen LogP contribution in [0.3, 0.4) is 0 Å². The number of pyridine rings is 1. The fourth-order valence-corrected chi connectivity index (χ4v) is 4.21. The number of rotatable bonds is 8. The summed E-state index contributed by atoms with van der Waals surface area (Å²) in [5, 5.41) is 9.77. The van der Waals surface area contributed by atoms with E-state index in [-0.39, 0.29) is 5.75 Å². The highest BCUT2D eigenvalue weighted by atomic mass is 16.5. The van der Waals surface area contributed by atoms with E-state index in [1.165, 1.54) is 37.1 Å². The second-order valence-electron chi connectivity index (χ2n) is 7.90. The first-order valence-corrected chi connectivity index (χ1v) is 11.1. The minimum atomic E-state index is 0.265. The molecule has 2 heterocycles. The molecule has 1 aliphatic heterocycles. The maximum atomic E-state index is 9.77. The lowest BCUT2D eigenvalue weighted by Crippen LogP contribution is -2.25.